The summed E-state index contributed by atoms with van der Waals surface area (Å²) < 4.78 is 48.0. The number of benzene rings is 3. The third-order valence-electron chi connectivity index (χ3n) is 5.83. The molecule has 200 valence electrons. The molecular formula is C25H15Cl5F3NO3S. The molecule has 1 N–H and O–H groups in total. The Morgan fingerprint density at radius 3 is 2.11 bits per heavy atom. The molecule has 1 aliphatic rings. The SMILES string of the molecule is O=C(Cc1ccc(S(=O)C(F)(F)F)cc1)c1cc(NC(=O)C2C(c3cc(Cl)cc(Cl)c3)C2(Cl)Cl)ccc1Cl. The number of halogens is 8. The summed E-state index contributed by atoms with van der Waals surface area (Å²) >= 11 is 31.1. The van der Waals surface area contributed by atoms with Crippen molar-refractivity contribution in [3.05, 3.63) is 92.4 Å². The first kappa shape index (κ1) is 29.2. The van der Waals surface area contributed by atoms with E-state index in [0.717, 1.165) is 12.1 Å². The number of rotatable bonds is 7. The number of hydrogen-bond acceptors (Lipinski definition) is 3. The van der Waals surface area contributed by atoms with Gasteiger partial charge in [0.2, 0.25) is 5.91 Å². The highest BCUT2D eigenvalue weighted by Gasteiger charge is 2.67. The molecule has 0 spiro atoms. The molecule has 1 saturated carbocycles. The summed E-state index contributed by atoms with van der Waals surface area (Å²) in [4.78, 5) is 25.5. The number of carbonyl (C=O) groups is 2. The Morgan fingerprint density at radius 2 is 1.53 bits per heavy atom. The minimum atomic E-state index is -4.88. The van der Waals surface area contributed by atoms with Gasteiger partial charge in [-0.3, -0.25) is 9.59 Å². The number of carbonyl (C=O) groups excluding carboxylic acids is 2. The molecule has 1 aliphatic carbocycles. The van der Waals surface area contributed by atoms with Gasteiger partial charge in [-0.05, 0) is 59.7 Å². The second-order valence-electron chi connectivity index (χ2n) is 8.47. The third-order valence-corrected chi connectivity index (χ3v) is 8.65. The van der Waals surface area contributed by atoms with Gasteiger partial charge in [0.25, 0.3) is 0 Å². The maximum atomic E-state index is 13.0. The van der Waals surface area contributed by atoms with Crippen molar-refractivity contribution in [3.8, 4) is 0 Å². The highest BCUT2D eigenvalue weighted by atomic mass is 35.5. The zero-order valence-corrected chi connectivity index (χ0v) is 23.4. The fraction of sp³-hybridized carbons (Fsp3) is 0.200. The van der Waals surface area contributed by atoms with E-state index >= 15 is 0 Å². The largest absolute Gasteiger partial charge is 0.475 e. The van der Waals surface area contributed by atoms with E-state index < -0.39 is 49.1 Å². The summed E-state index contributed by atoms with van der Waals surface area (Å²) in [5, 5.41) is 3.53. The van der Waals surface area contributed by atoms with Gasteiger partial charge in [0.1, 0.15) is 4.33 Å². The minimum absolute atomic E-state index is 0.0874. The molecule has 4 nitrogen and oxygen atoms in total. The van der Waals surface area contributed by atoms with Crippen molar-refractivity contribution in [2.45, 2.75) is 27.1 Å². The van der Waals surface area contributed by atoms with Gasteiger partial charge in [-0.2, -0.15) is 13.2 Å². The molecule has 3 unspecified atom stereocenters. The van der Waals surface area contributed by atoms with E-state index in [2.05, 4.69) is 5.32 Å². The number of amides is 1. The number of alkyl halides is 5. The van der Waals surface area contributed by atoms with Gasteiger partial charge in [-0.25, -0.2) is 4.21 Å². The molecule has 0 saturated heterocycles. The normalized spacial score (nSPS) is 19.1. The molecule has 3 aromatic carbocycles. The first-order valence-electron chi connectivity index (χ1n) is 10.7. The van der Waals surface area contributed by atoms with Crippen molar-refractivity contribution in [3.63, 3.8) is 0 Å². The van der Waals surface area contributed by atoms with Crippen molar-refractivity contribution in [1.82, 2.24) is 0 Å². The molecule has 0 aliphatic heterocycles. The molecule has 1 fully saturated rings. The van der Waals surface area contributed by atoms with Gasteiger partial charge in [0.05, 0.1) is 10.9 Å². The lowest BCUT2D eigenvalue weighted by molar-refractivity contribution is -0.117. The predicted octanol–water partition coefficient (Wildman–Crippen LogP) is 8.23. The Bertz CT molecular complexity index is 1430. The lowest BCUT2D eigenvalue weighted by Gasteiger charge is -2.10. The number of ketones is 1. The van der Waals surface area contributed by atoms with Crippen LogP contribution < -0.4 is 5.32 Å². The Morgan fingerprint density at radius 1 is 0.921 bits per heavy atom. The fourth-order valence-corrected chi connectivity index (χ4v) is 6.25. The van der Waals surface area contributed by atoms with Crippen molar-refractivity contribution < 1.29 is 27.0 Å². The average Bonchev–Trinajstić information content (AvgIpc) is 3.41. The second-order valence-corrected chi connectivity index (χ2v) is 12.7. The minimum Gasteiger partial charge on any atom is -0.326 e. The van der Waals surface area contributed by atoms with Crippen LogP contribution >= 0.6 is 58.0 Å². The standard InChI is InChI=1S/C25H15Cl5F3NO3S/c26-14-8-13(9-15(27)10-14)21-22(24(21,29)30)23(36)34-16-3-6-19(28)18(11-16)20(35)7-12-1-4-17(5-2-12)38(37)25(31,32)33/h1-6,8-11,21-22H,7H2,(H,34,36). The smallest absolute Gasteiger partial charge is 0.326 e. The van der Waals surface area contributed by atoms with E-state index in [9.17, 15) is 27.0 Å². The van der Waals surface area contributed by atoms with Crippen LogP contribution in [0.5, 0.6) is 0 Å². The Kier molecular flexibility index (Phi) is 8.44. The molecule has 4 rings (SSSR count). The highest BCUT2D eigenvalue weighted by molar-refractivity contribution is 7.86. The van der Waals surface area contributed by atoms with Crippen LogP contribution in [-0.2, 0) is 22.0 Å². The number of anilines is 1. The van der Waals surface area contributed by atoms with Crippen LogP contribution in [0.2, 0.25) is 15.1 Å². The molecule has 13 heteroatoms. The Balaban J connectivity index is 1.47. The molecule has 38 heavy (non-hydrogen) atoms. The zero-order valence-electron chi connectivity index (χ0n) is 18.8. The summed E-state index contributed by atoms with van der Waals surface area (Å²) in [7, 11) is -3.17. The van der Waals surface area contributed by atoms with E-state index in [1.54, 1.807) is 12.1 Å². The second kappa shape index (κ2) is 11.0. The predicted molar refractivity (Wildman–Crippen MR) is 144 cm³/mol. The summed E-state index contributed by atoms with van der Waals surface area (Å²) in [5.74, 6) is -2.33. The van der Waals surface area contributed by atoms with Gasteiger partial charge >= 0.3 is 5.51 Å². The summed E-state index contributed by atoms with van der Waals surface area (Å²) in [6, 6.07) is 13.8. The van der Waals surface area contributed by atoms with Crippen molar-refractivity contribution >= 4 is 86.2 Å². The summed E-state index contributed by atoms with van der Waals surface area (Å²) in [6.45, 7) is 0. The van der Waals surface area contributed by atoms with E-state index in [1.165, 1.54) is 36.4 Å². The summed E-state index contributed by atoms with van der Waals surface area (Å²) in [6.07, 6.45) is -0.192. The first-order chi connectivity index (χ1) is 17.7. The van der Waals surface area contributed by atoms with Gasteiger partial charge in [0, 0.05) is 38.5 Å². The third kappa shape index (κ3) is 6.32. The Hall–Kier alpha value is -1.81. The maximum absolute atomic E-state index is 13.0. The van der Waals surface area contributed by atoms with E-state index in [4.69, 9.17) is 58.0 Å². The van der Waals surface area contributed by atoms with Gasteiger partial charge in [0.15, 0.2) is 16.6 Å². The van der Waals surface area contributed by atoms with Gasteiger partial charge < -0.3 is 5.32 Å². The molecule has 0 aromatic heterocycles. The molecule has 3 aromatic rings. The molecule has 0 heterocycles. The monoisotopic (exact) mass is 641 g/mol. The quantitative estimate of drug-likeness (QED) is 0.209. The topological polar surface area (TPSA) is 63.2 Å². The number of Topliss-reactive ketones (excluding diaryl/α,β-unsaturated/α-hetero) is 1. The average molecular weight is 644 g/mol. The summed E-state index contributed by atoms with van der Waals surface area (Å²) in [5.41, 5.74) is -3.55. The van der Waals surface area contributed by atoms with Crippen LogP contribution in [0.1, 0.15) is 27.4 Å². The van der Waals surface area contributed by atoms with Crippen LogP contribution in [0.4, 0.5) is 18.9 Å². The number of hydrogen-bond donors (Lipinski definition) is 1. The van der Waals surface area contributed by atoms with Crippen LogP contribution in [0.15, 0.2) is 65.6 Å². The van der Waals surface area contributed by atoms with Crippen LogP contribution in [0.25, 0.3) is 0 Å². The van der Waals surface area contributed by atoms with Crippen LogP contribution in [0, 0.1) is 5.92 Å². The van der Waals surface area contributed by atoms with E-state index in [1.807, 2.05) is 0 Å². The number of nitrogens with one attached hydrogen (secondary N) is 1. The molecular weight excluding hydrogens is 629 g/mol. The van der Waals surface area contributed by atoms with Crippen molar-refractivity contribution in [2.75, 3.05) is 5.32 Å². The molecule has 0 bridgehead atoms. The van der Waals surface area contributed by atoms with Gasteiger partial charge in [-0.15, -0.1) is 23.2 Å². The molecule has 1 amide bonds. The van der Waals surface area contributed by atoms with E-state index in [-0.39, 0.29) is 22.7 Å². The molecule has 3 atom stereocenters. The molecule has 0 radical (unpaired) electrons. The lowest BCUT2D eigenvalue weighted by atomic mass is 10.0. The van der Waals surface area contributed by atoms with Crippen molar-refractivity contribution in [2.24, 2.45) is 5.92 Å². The highest BCUT2D eigenvalue weighted by Crippen LogP contribution is 2.65. The van der Waals surface area contributed by atoms with Crippen LogP contribution in [0.3, 0.4) is 0 Å². The fourth-order valence-electron chi connectivity index (χ4n) is 4.00. The van der Waals surface area contributed by atoms with Crippen LogP contribution in [-0.4, -0.2) is 25.7 Å². The maximum Gasteiger partial charge on any atom is 0.475 e. The zero-order chi connectivity index (χ0) is 28.0. The van der Waals surface area contributed by atoms with Crippen molar-refractivity contribution in [1.29, 1.82) is 0 Å². The first-order valence-corrected chi connectivity index (χ1v) is 13.8. The van der Waals surface area contributed by atoms with Gasteiger partial charge in [-0.1, -0.05) is 46.9 Å². The Labute approximate surface area is 242 Å². The van der Waals surface area contributed by atoms with E-state index in [0.29, 0.717) is 21.2 Å². The lowest BCUT2D eigenvalue weighted by Crippen LogP contribution is -2.17.